The van der Waals surface area contributed by atoms with Crippen LogP contribution in [0.3, 0.4) is 0 Å². The minimum absolute atomic E-state index is 1.11. The summed E-state index contributed by atoms with van der Waals surface area (Å²) >= 11 is 5.03. The van der Waals surface area contributed by atoms with Crippen molar-refractivity contribution in [3.8, 4) is 0 Å². The Labute approximate surface area is 57.9 Å². The lowest BCUT2D eigenvalue weighted by Gasteiger charge is -2.05. The highest BCUT2D eigenvalue weighted by Crippen LogP contribution is 2.10. The summed E-state index contributed by atoms with van der Waals surface area (Å²) < 4.78 is 2.03. The molecule has 0 amide bonds. The molecule has 0 saturated carbocycles. The van der Waals surface area contributed by atoms with Crippen LogP contribution in [-0.2, 0) is 0 Å². The minimum Gasteiger partial charge on any atom is -0.186 e. The smallest absolute Gasteiger partial charge is 0.0237 e. The highest BCUT2D eigenvalue weighted by Gasteiger charge is 1.90. The molecule has 0 heterocycles. The first-order chi connectivity index (χ1) is 3.31. The number of nitrogens with zero attached hydrogens (tertiary/aromatic N) is 1. The largest absolute Gasteiger partial charge is 0.186 e. The molecule has 0 aromatic carbocycles. The monoisotopic (exact) mass is 183 g/mol. The van der Waals surface area contributed by atoms with Crippen LogP contribution in [0.4, 0.5) is 0 Å². The van der Waals surface area contributed by atoms with E-state index in [1.165, 1.54) is 6.42 Å². The Morgan fingerprint density at radius 2 is 2.29 bits per heavy atom. The summed E-state index contributed by atoms with van der Waals surface area (Å²) in [5.41, 5.74) is 0. The molecule has 0 N–H and O–H groups in total. The third-order valence-corrected chi connectivity index (χ3v) is 2.40. The van der Waals surface area contributed by atoms with Crippen LogP contribution in [0, 0.1) is 0 Å². The Morgan fingerprint density at radius 3 is 2.43 bits per heavy atom. The van der Waals surface area contributed by atoms with Gasteiger partial charge in [0.2, 0.25) is 0 Å². The van der Waals surface area contributed by atoms with E-state index in [1.54, 1.807) is 11.9 Å². The first-order valence-corrected chi connectivity index (χ1v) is 4.17. The maximum absolute atomic E-state index is 3.33. The summed E-state index contributed by atoms with van der Waals surface area (Å²) in [4.78, 5) is 0. The number of hydrogen-bond donors (Lipinski definition) is 0. The molecule has 44 valence electrons. The average molecular weight is 184 g/mol. The van der Waals surface area contributed by atoms with E-state index >= 15 is 0 Å². The van der Waals surface area contributed by atoms with Gasteiger partial charge in [0, 0.05) is 22.7 Å². The first kappa shape index (κ1) is 7.79. The van der Waals surface area contributed by atoms with E-state index in [0.29, 0.717) is 0 Å². The van der Waals surface area contributed by atoms with Crippen LogP contribution in [-0.4, -0.2) is 16.1 Å². The summed E-state index contributed by atoms with van der Waals surface area (Å²) in [6.45, 7) is 3.27. The van der Waals surface area contributed by atoms with Gasteiger partial charge in [-0.1, -0.05) is 18.9 Å². The number of hydrogen-bond acceptors (Lipinski definition) is 2. The van der Waals surface area contributed by atoms with Crippen molar-refractivity contribution in [3.05, 3.63) is 0 Å². The predicted octanol–water partition coefficient (Wildman–Crippen LogP) is 2.29. The van der Waals surface area contributed by atoms with Crippen molar-refractivity contribution in [1.29, 1.82) is 0 Å². The van der Waals surface area contributed by atoms with Gasteiger partial charge in [0.1, 0.15) is 0 Å². The quantitative estimate of drug-likeness (QED) is 0.489. The van der Waals surface area contributed by atoms with Crippen molar-refractivity contribution < 1.29 is 0 Å². The van der Waals surface area contributed by atoms with E-state index in [0.717, 1.165) is 6.54 Å². The van der Waals surface area contributed by atoms with Gasteiger partial charge in [-0.3, -0.25) is 0 Å². The summed E-state index contributed by atoms with van der Waals surface area (Å²) in [5.74, 6) is 0. The van der Waals surface area contributed by atoms with Gasteiger partial charge in [0.15, 0.2) is 0 Å². The van der Waals surface area contributed by atoms with Gasteiger partial charge >= 0.3 is 0 Å². The van der Waals surface area contributed by atoms with E-state index in [4.69, 9.17) is 0 Å². The topological polar surface area (TPSA) is 3.24 Å². The lowest BCUT2D eigenvalue weighted by atomic mass is 10.5. The van der Waals surface area contributed by atoms with Gasteiger partial charge in [-0.25, -0.2) is 0 Å². The molecule has 1 nitrogen and oxygen atoms in total. The zero-order valence-corrected chi connectivity index (χ0v) is 7.05. The van der Waals surface area contributed by atoms with Gasteiger partial charge in [-0.15, -0.1) is 0 Å². The minimum atomic E-state index is 1.11. The third-order valence-electron chi connectivity index (χ3n) is 0.598. The summed E-state index contributed by atoms with van der Waals surface area (Å²) in [5, 5.41) is 0. The van der Waals surface area contributed by atoms with Crippen molar-refractivity contribution in [2.24, 2.45) is 0 Å². The molecule has 3 heteroatoms. The molecule has 0 aliphatic heterocycles. The Hall–Kier alpha value is 0.790. The fourth-order valence-electron chi connectivity index (χ4n) is 0.267. The van der Waals surface area contributed by atoms with Crippen LogP contribution < -0.4 is 0 Å². The number of halogens is 1. The highest BCUT2D eigenvalue weighted by atomic mass is 79.9. The molecule has 0 saturated heterocycles. The molecule has 0 atom stereocenters. The van der Waals surface area contributed by atoms with E-state index in [1.807, 2.05) is 9.59 Å². The molecule has 0 aromatic rings. The van der Waals surface area contributed by atoms with E-state index < -0.39 is 0 Å². The standard InChI is InChI=1S/C4H10BrNS/c1-3-4-6(5)7-2/h3-4H2,1-2H3. The Balaban J connectivity index is 2.83. The second-order valence-electron chi connectivity index (χ2n) is 1.22. The van der Waals surface area contributed by atoms with Gasteiger partial charge in [-0.2, -0.15) is 3.33 Å². The second kappa shape index (κ2) is 4.94. The van der Waals surface area contributed by atoms with Gasteiger partial charge in [0.25, 0.3) is 0 Å². The predicted molar refractivity (Wildman–Crippen MR) is 39.4 cm³/mol. The van der Waals surface area contributed by atoms with Gasteiger partial charge in [0.05, 0.1) is 0 Å². The fraction of sp³-hybridized carbons (Fsp3) is 1.00. The van der Waals surface area contributed by atoms with Crippen LogP contribution in [0.15, 0.2) is 0 Å². The van der Waals surface area contributed by atoms with Gasteiger partial charge < -0.3 is 0 Å². The molecule has 0 aromatic heterocycles. The molecule has 0 aliphatic rings. The molecule has 7 heavy (non-hydrogen) atoms. The van der Waals surface area contributed by atoms with Crippen molar-refractivity contribution in [2.45, 2.75) is 13.3 Å². The van der Waals surface area contributed by atoms with Gasteiger partial charge in [-0.05, 0) is 12.7 Å². The molecule has 0 fully saturated rings. The molecule has 0 bridgehead atoms. The molecule has 0 radical (unpaired) electrons. The van der Waals surface area contributed by atoms with Crippen molar-refractivity contribution in [1.82, 2.24) is 3.33 Å². The van der Waals surface area contributed by atoms with Crippen LogP contribution >= 0.6 is 28.1 Å². The molecule has 0 aliphatic carbocycles. The highest BCUT2D eigenvalue weighted by molar-refractivity contribution is 9.09. The zero-order valence-electron chi connectivity index (χ0n) is 4.65. The van der Waals surface area contributed by atoms with Crippen molar-refractivity contribution in [2.75, 3.05) is 12.8 Å². The Morgan fingerprint density at radius 1 is 1.71 bits per heavy atom. The molecular formula is C4H10BrNS. The molecule has 0 unspecified atom stereocenters. The third kappa shape index (κ3) is 4.65. The summed E-state index contributed by atoms with van der Waals surface area (Å²) in [6, 6.07) is 0. The van der Waals surface area contributed by atoms with Crippen LogP contribution in [0.2, 0.25) is 0 Å². The van der Waals surface area contributed by atoms with Crippen LogP contribution in [0.25, 0.3) is 0 Å². The molecular weight excluding hydrogens is 174 g/mol. The maximum atomic E-state index is 3.33. The summed E-state index contributed by atoms with van der Waals surface area (Å²) in [6.07, 6.45) is 3.25. The molecule has 0 rings (SSSR count). The Kier molecular flexibility index (Phi) is 5.49. The zero-order chi connectivity index (χ0) is 5.70. The second-order valence-corrected chi connectivity index (χ2v) is 3.36. The van der Waals surface area contributed by atoms with Crippen LogP contribution in [0.5, 0.6) is 0 Å². The first-order valence-electron chi connectivity index (χ1n) is 2.28. The Bertz CT molecular complexity index is 42.7. The lowest BCUT2D eigenvalue weighted by molar-refractivity contribution is 0.728. The van der Waals surface area contributed by atoms with E-state index in [-0.39, 0.29) is 0 Å². The normalized spacial score (nSPS) is 10.3. The molecule has 0 spiro atoms. The number of rotatable bonds is 3. The lowest BCUT2D eigenvalue weighted by Crippen LogP contribution is -1.99. The van der Waals surface area contributed by atoms with Crippen LogP contribution in [0.1, 0.15) is 13.3 Å². The maximum Gasteiger partial charge on any atom is 0.0237 e. The van der Waals surface area contributed by atoms with Crippen molar-refractivity contribution >= 4 is 28.1 Å². The fourth-order valence-corrected chi connectivity index (χ4v) is 0.987. The summed E-state index contributed by atoms with van der Waals surface area (Å²) in [7, 11) is 0. The SMILES string of the molecule is CCCN(Br)SC. The van der Waals surface area contributed by atoms with E-state index in [9.17, 15) is 0 Å². The average Bonchev–Trinajstić information content (AvgIpc) is 1.68. The van der Waals surface area contributed by atoms with Crippen molar-refractivity contribution in [3.63, 3.8) is 0 Å². The van der Waals surface area contributed by atoms with E-state index in [2.05, 4.69) is 23.1 Å².